The van der Waals surface area contributed by atoms with Crippen molar-refractivity contribution in [2.75, 3.05) is 17.2 Å². The van der Waals surface area contributed by atoms with E-state index in [9.17, 15) is 23.3 Å². The number of halogens is 3. The first kappa shape index (κ1) is 20.1. The normalized spacial score (nSPS) is 11.1. The SMILES string of the molecule is O=[N+]([O-])c1c(NCCc2ccccc2)ncnc1Nc1ccc(C(F)(F)F)cc1. The van der Waals surface area contributed by atoms with Crippen molar-refractivity contribution in [2.24, 2.45) is 0 Å². The Bertz CT molecular complexity index is 979. The van der Waals surface area contributed by atoms with Gasteiger partial charge in [0, 0.05) is 12.2 Å². The molecule has 2 N–H and O–H groups in total. The minimum atomic E-state index is -4.46. The summed E-state index contributed by atoms with van der Waals surface area (Å²) in [5.74, 6) is -0.0951. The summed E-state index contributed by atoms with van der Waals surface area (Å²) in [6, 6.07) is 13.7. The fraction of sp³-hybridized carbons (Fsp3) is 0.158. The molecule has 1 heterocycles. The van der Waals surface area contributed by atoms with Gasteiger partial charge in [0.1, 0.15) is 6.33 Å². The van der Waals surface area contributed by atoms with E-state index in [0.29, 0.717) is 13.0 Å². The molecule has 150 valence electrons. The lowest BCUT2D eigenvalue weighted by Gasteiger charge is -2.11. The molecule has 1 aromatic heterocycles. The highest BCUT2D eigenvalue weighted by Gasteiger charge is 2.30. The molecule has 3 rings (SSSR count). The Balaban J connectivity index is 1.77. The zero-order valence-corrected chi connectivity index (χ0v) is 15.0. The minimum Gasteiger partial charge on any atom is -0.364 e. The molecule has 0 aliphatic heterocycles. The molecule has 0 aliphatic carbocycles. The van der Waals surface area contributed by atoms with E-state index in [0.717, 1.165) is 24.0 Å². The standard InChI is InChI=1S/C19H16F3N5O2/c20-19(21,22)14-6-8-15(9-7-14)26-18-16(27(28)29)17(24-12-25-18)23-11-10-13-4-2-1-3-5-13/h1-9,12H,10-11H2,(H2,23,24,25,26). The fourth-order valence-corrected chi connectivity index (χ4v) is 2.62. The van der Waals surface area contributed by atoms with Gasteiger partial charge in [-0.25, -0.2) is 9.97 Å². The summed E-state index contributed by atoms with van der Waals surface area (Å²) in [6.45, 7) is 0.404. The molecule has 0 radical (unpaired) electrons. The molecule has 7 nitrogen and oxygen atoms in total. The summed E-state index contributed by atoms with van der Waals surface area (Å²) in [4.78, 5) is 18.7. The van der Waals surface area contributed by atoms with E-state index in [2.05, 4.69) is 20.6 Å². The van der Waals surface area contributed by atoms with Gasteiger partial charge in [-0.3, -0.25) is 10.1 Å². The third kappa shape index (κ3) is 5.18. The number of nitrogens with zero attached hydrogens (tertiary/aromatic N) is 3. The Morgan fingerprint density at radius 2 is 1.62 bits per heavy atom. The zero-order chi connectivity index (χ0) is 20.9. The predicted octanol–water partition coefficient (Wildman–Crippen LogP) is 4.80. The first-order chi connectivity index (χ1) is 13.8. The molecule has 0 saturated heterocycles. The van der Waals surface area contributed by atoms with E-state index in [1.165, 1.54) is 12.1 Å². The van der Waals surface area contributed by atoms with Crippen molar-refractivity contribution >= 4 is 23.0 Å². The highest BCUT2D eigenvalue weighted by Crippen LogP contribution is 2.33. The Morgan fingerprint density at radius 3 is 2.24 bits per heavy atom. The Labute approximate surface area is 163 Å². The molecule has 0 saturated carbocycles. The molecule has 0 aliphatic rings. The van der Waals surface area contributed by atoms with Crippen LogP contribution in [0.3, 0.4) is 0 Å². The molecule has 10 heteroatoms. The summed E-state index contributed by atoms with van der Waals surface area (Å²) in [7, 11) is 0. The monoisotopic (exact) mass is 403 g/mol. The van der Waals surface area contributed by atoms with Crippen molar-refractivity contribution in [1.82, 2.24) is 9.97 Å². The zero-order valence-electron chi connectivity index (χ0n) is 15.0. The maximum atomic E-state index is 12.7. The van der Waals surface area contributed by atoms with Crippen LogP contribution in [0.1, 0.15) is 11.1 Å². The summed E-state index contributed by atoms with van der Waals surface area (Å²) in [6.07, 6.45) is -2.69. The van der Waals surface area contributed by atoms with Gasteiger partial charge in [0.25, 0.3) is 0 Å². The number of hydrogen-bond acceptors (Lipinski definition) is 6. The van der Waals surface area contributed by atoms with Gasteiger partial charge in [0.15, 0.2) is 0 Å². The predicted molar refractivity (Wildman–Crippen MR) is 102 cm³/mol. The van der Waals surface area contributed by atoms with Crippen LogP contribution in [0.25, 0.3) is 0 Å². The average molecular weight is 403 g/mol. The van der Waals surface area contributed by atoms with Crippen LogP contribution in [0, 0.1) is 10.1 Å². The first-order valence-corrected chi connectivity index (χ1v) is 8.56. The van der Waals surface area contributed by atoms with Crippen molar-refractivity contribution in [3.05, 3.63) is 82.2 Å². The molecular formula is C19H16F3N5O2. The highest BCUT2D eigenvalue weighted by molar-refractivity contribution is 5.73. The van der Waals surface area contributed by atoms with E-state index < -0.39 is 16.7 Å². The van der Waals surface area contributed by atoms with Crippen molar-refractivity contribution in [3.63, 3.8) is 0 Å². The lowest BCUT2D eigenvalue weighted by Crippen LogP contribution is -2.11. The van der Waals surface area contributed by atoms with Gasteiger partial charge in [-0.1, -0.05) is 30.3 Å². The van der Waals surface area contributed by atoms with Crippen LogP contribution in [0.4, 0.5) is 36.2 Å². The van der Waals surface area contributed by atoms with Crippen LogP contribution in [-0.2, 0) is 12.6 Å². The number of nitro groups is 1. The van der Waals surface area contributed by atoms with Crippen LogP contribution in [-0.4, -0.2) is 21.4 Å². The Kier molecular flexibility index (Phi) is 5.91. The van der Waals surface area contributed by atoms with Crippen LogP contribution < -0.4 is 10.6 Å². The number of rotatable bonds is 7. The van der Waals surface area contributed by atoms with Crippen LogP contribution in [0.5, 0.6) is 0 Å². The summed E-state index contributed by atoms with van der Waals surface area (Å²) in [5.41, 5.74) is 0.0822. The van der Waals surface area contributed by atoms with Crippen LogP contribution in [0.2, 0.25) is 0 Å². The molecule has 3 aromatic rings. The highest BCUT2D eigenvalue weighted by atomic mass is 19.4. The second-order valence-electron chi connectivity index (χ2n) is 6.04. The second kappa shape index (κ2) is 8.55. The third-order valence-corrected chi connectivity index (χ3v) is 4.03. The quantitative estimate of drug-likeness (QED) is 0.435. The number of nitrogens with one attached hydrogen (secondary N) is 2. The number of benzene rings is 2. The summed E-state index contributed by atoms with van der Waals surface area (Å²) in [5, 5.41) is 17.1. The maximum Gasteiger partial charge on any atom is 0.416 e. The molecular weight excluding hydrogens is 387 g/mol. The number of anilines is 3. The van der Waals surface area contributed by atoms with E-state index in [1.807, 2.05) is 30.3 Å². The largest absolute Gasteiger partial charge is 0.416 e. The summed E-state index contributed by atoms with van der Waals surface area (Å²) >= 11 is 0. The lowest BCUT2D eigenvalue weighted by atomic mass is 10.1. The fourth-order valence-electron chi connectivity index (χ4n) is 2.62. The van der Waals surface area contributed by atoms with E-state index >= 15 is 0 Å². The van der Waals surface area contributed by atoms with E-state index in [1.54, 1.807) is 0 Å². The molecule has 29 heavy (non-hydrogen) atoms. The van der Waals surface area contributed by atoms with Gasteiger partial charge in [0.2, 0.25) is 11.6 Å². The number of alkyl halides is 3. The topological polar surface area (TPSA) is 93.0 Å². The van der Waals surface area contributed by atoms with Crippen molar-refractivity contribution in [2.45, 2.75) is 12.6 Å². The van der Waals surface area contributed by atoms with Gasteiger partial charge < -0.3 is 10.6 Å². The molecule has 0 fully saturated rings. The van der Waals surface area contributed by atoms with Crippen LogP contribution >= 0.6 is 0 Å². The van der Waals surface area contributed by atoms with E-state index in [4.69, 9.17) is 0 Å². The van der Waals surface area contributed by atoms with Gasteiger partial charge in [-0.05, 0) is 36.2 Å². The first-order valence-electron chi connectivity index (χ1n) is 8.56. The molecule has 0 spiro atoms. The number of hydrogen-bond donors (Lipinski definition) is 2. The summed E-state index contributed by atoms with van der Waals surface area (Å²) < 4.78 is 38.0. The second-order valence-corrected chi connectivity index (χ2v) is 6.04. The Morgan fingerprint density at radius 1 is 0.966 bits per heavy atom. The van der Waals surface area contributed by atoms with Crippen LogP contribution in [0.15, 0.2) is 60.9 Å². The smallest absolute Gasteiger partial charge is 0.364 e. The molecule has 0 amide bonds. The number of aromatic nitrogens is 2. The van der Waals surface area contributed by atoms with Gasteiger partial charge in [-0.15, -0.1) is 0 Å². The molecule has 2 aromatic carbocycles. The Hall–Kier alpha value is -3.69. The van der Waals surface area contributed by atoms with Gasteiger partial charge in [-0.2, -0.15) is 13.2 Å². The van der Waals surface area contributed by atoms with Gasteiger partial charge >= 0.3 is 11.9 Å². The van der Waals surface area contributed by atoms with Crippen molar-refractivity contribution in [3.8, 4) is 0 Å². The third-order valence-electron chi connectivity index (χ3n) is 4.03. The minimum absolute atomic E-state index is 0.0235. The van der Waals surface area contributed by atoms with Gasteiger partial charge in [0.05, 0.1) is 10.5 Å². The molecule has 0 atom stereocenters. The van der Waals surface area contributed by atoms with Crippen molar-refractivity contribution < 1.29 is 18.1 Å². The lowest BCUT2D eigenvalue weighted by molar-refractivity contribution is -0.383. The maximum absolute atomic E-state index is 12.7. The average Bonchev–Trinajstić information content (AvgIpc) is 2.68. The molecule has 0 bridgehead atoms. The molecule has 0 unspecified atom stereocenters. The van der Waals surface area contributed by atoms with Crippen molar-refractivity contribution in [1.29, 1.82) is 0 Å². The van der Waals surface area contributed by atoms with E-state index in [-0.39, 0.29) is 23.0 Å².